The van der Waals surface area contributed by atoms with Crippen molar-refractivity contribution < 1.29 is 22.8 Å². The molecule has 0 atom stereocenters. The lowest BCUT2D eigenvalue weighted by Crippen LogP contribution is -2.56. The lowest BCUT2D eigenvalue weighted by molar-refractivity contribution is -0.154. The van der Waals surface area contributed by atoms with Gasteiger partial charge in [0.25, 0.3) is 11.8 Å². The van der Waals surface area contributed by atoms with E-state index >= 15 is 0 Å². The maximum Gasteiger partial charge on any atom is 0.274 e. The highest BCUT2D eigenvalue weighted by atomic mass is 35.5. The molecule has 5 nitrogen and oxygen atoms in total. The molecule has 9 heteroatoms. The molecule has 0 radical (unpaired) electrons. The van der Waals surface area contributed by atoms with E-state index in [2.05, 4.69) is 15.6 Å². The first-order valence-electron chi connectivity index (χ1n) is 9.65. The first kappa shape index (κ1) is 21.8. The van der Waals surface area contributed by atoms with E-state index in [1.165, 1.54) is 66.9 Å². The molecule has 32 heavy (non-hydrogen) atoms. The summed E-state index contributed by atoms with van der Waals surface area (Å²) in [7, 11) is 0. The van der Waals surface area contributed by atoms with Gasteiger partial charge in [0.1, 0.15) is 11.5 Å². The van der Waals surface area contributed by atoms with Crippen molar-refractivity contribution in [2.24, 2.45) is 0 Å². The van der Waals surface area contributed by atoms with Crippen molar-refractivity contribution in [2.45, 2.75) is 24.2 Å². The smallest absolute Gasteiger partial charge is 0.274 e. The van der Waals surface area contributed by atoms with Gasteiger partial charge in [-0.15, -0.1) is 0 Å². The van der Waals surface area contributed by atoms with Crippen LogP contribution in [0.2, 0.25) is 5.02 Å². The van der Waals surface area contributed by atoms with E-state index in [4.69, 9.17) is 11.6 Å². The molecule has 0 spiro atoms. The minimum Gasteiger partial charge on any atom is -0.325 e. The molecule has 0 unspecified atom stereocenters. The molecule has 1 aliphatic rings. The lowest BCUT2D eigenvalue weighted by Gasteiger charge is -2.46. The predicted molar refractivity (Wildman–Crippen MR) is 115 cm³/mol. The van der Waals surface area contributed by atoms with Crippen LogP contribution >= 0.6 is 11.6 Å². The van der Waals surface area contributed by atoms with Crippen LogP contribution in [0.1, 0.15) is 28.9 Å². The van der Waals surface area contributed by atoms with Gasteiger partial charge in [-0.2, -0.15) is 0 Å². The fraction of sp³-hybridized carbons (Fsp3) is 0.174. The average Bonchev–Trinajstić information content (AvgIpc) is 2.74. The molecule has 1 aromatic heterocycles. The largest absolute Gasteiger partial charge is 0.325 e. The maximum atomic E-state index is 13.8. The lowest BCUT2D eigenvalue weighted by atomic mass is 9.61. The van der Waals surface area contributed by atoms with Gasteiger partial charge in [-0.05, 0) is 54.1 Å². The molecule has 0 saturated heterocycles. The van der Waals surface area contributed by atoms with Gasteiger partial charge in [-0.3, -0.25) is 14.6 Å². The number of pyridine rings is 1. The molecule has 164 valence electrons. The number of rotatable bonds is 5. The normalized spacial score (nSPS) is 16.0. The molecule has 4 rings (SSSR count). The number of hydrogen-bond acceptors (Lipinski definition) is 3. The Bertz CT molecular complexity index is 1160. The van der Waals surface area contributed by atoms with Crippen LogP contribution in [0.3, 0.4) is 0 Å². The maximum absolute atomic E-state index is 13.8. The summed E-state index contributed by atoms with van der Waals surface area (Å²) in [5.41, 5.74) is -0.212. The van der Waals surface area contributed by atoms with Crippen molar-refractivity contribution >= 4 is 34.8 Å². The van der Waals surface area contributed by atoms with Crippen LogP contribution in [-0.4, -0.2) is 22.7 Å². The van der Waals surface area contributed by atoms with Crippen molar-refractivity contribution in [3.8, 4) is 0 Å². The van der Waals surface area contributed by atoms with E-state index in [0.717, 1.165) is 0 Å². The van der Waals surface area contributed by atoms with Crippen molar-refractivity contribution in [1.29, 1.82) is 0 Å². The Balaban J connectivity index is 1.53. The molecule has 0 aliphatic heterocycles. The summed E-state index contributed by atoms with van der Waals surface area (Å²) >= 11 is 5.87. The summed E-state index contributed by atoms with van der Waals surface area (Å²) in [6.07, 6.45) is 0.108. The third-order valence-electron chi connectivity index (χ3n) is 5.31. The summed E-state index contributed by atoms with van der Waals surface area (Å²) in [6.45, 7) is 0. The fourth-order valence-corrected chi connectivity index (χ4v) is 3.87. The minimum atomic E-state index is -2.97. The SMILES string of the molecule is O=C(Nc1ccc(C2(C(=O)Nc3ccc(F)cc3)CC(F)(F)C2)cc1)c1cc(Cl)ccn1. The second-order valence-electron chi connectivity index (χ2n) is 7.64. The van der Waals surface area contributed by atoms with Gasteiger partial charge < -0.3 is 10.6 Å². The number of alkyl halides is 2. The van der Waals surface area contributed by atoms with Crippen molar-refractivity contribution in [3.63, 3.8) is 0 Å². The number of halogens is 4. The Kier molecular flexibility index (Phi) is 5.64. The number of carbonyl (C=O) groups excluding carboxylic acids is 2. The van der Waals surface area contributed by atoms with Gasteiger partial charge in [-0.25, -0.2) is 13.2 Å². The summed E-state index contributed by atoms with van der Waals surface area (Å²) in [5.74, 6) is -4.53. The van der Waals surface area contributed by atoms with Gasteiger partial charge in [-0.1, -0.05) is 23.7 Å². The van der Waals surface area contributed by atoms with Crippen LogP contribution in [0.4, 0.5) is 24.5 Å². The molecule has 0 bridgehead atoms. The van der Waals surface area contributed by atoms with Gasteiger partial charge in [0, 0.05) is 35.4 Å². The number of nitrogens with one attached hydrogen (secondary N) is 2. The third kappa shape index (κ3) is 4.45. The molecule has 2 amide bonds. The van der Waals surface area contributed by atoms with Crippen LogP contribution in [0.15, 0.2) is 66.9 Å². The van der Waals surface area contributed by atoms with Gasteiger partial charge in [0.05, 0.1) is 5.41 Å². The zero-order chi connectivity index (χ0) is 22.9. The zero-order valence-electron chi connectivity index (χ0n) is 16.5. The Morgan fingerprint density at radius 2 is 1.50 bits per heavy atom. The van der Waals surface area contributed by atoms with E-state index in [1.807, 2.05) is 0 Å². The number of hydrogen-bond donors (Lipinski definition) is 2. The van der Waals surface area contributed by atoms with Gasteiger partial charge >= 0.3 is 0 Å². The predicted octanol–water partition coefficient (Wildman–Crippen LogP) is 5.43. The zero-order valence-corrected chi connectivity index (χ0v) is 17.3. The monoisotopic (exact) mass is 459 g/mol. The topological polar surface area (TPSA) is 71.1 Å². The van der Waals surface area contributed by atoms with Crippen molar-refractivity contribution in [1.82, 2.24) is 4.98 Å². The average molecular weight is 460 g/mol. The number of benzene rings is 2. The quantitative estimate of drug-likeness (QED) is 0.534. The van der Waals surface area contributed by atoms with Gasteiger partial charge in [0.2, 0.25) is 5.91 Å². The molecule has 1 fully saturated rings. The number of anilines is 2. The Labute approximate surface area is 186 Å². The Morgan fingerprint density at radius 1 is 0.906 bits per heavy atom. The third-order valence-corrected chi connectivity index (χ3v) is 5.54. The fourth-order valence-electron chi connectivity index (χ4n) is 3.71. The van der Waals surface area contributed by atoms with E-state index < -0.39 is 41.8 Å². The molecule has 1 heterocycles. The molecular weight excluding hydrogens is 443 g/mol. The van der Waals surface area contributed by atoms with Crippen molar-refractivity contribution in [2.75, 3.05) is 10.6 Å². The summed E-state index contributed by atoms with van der Waals surface area (Å²) in [5, 5.41) is 5.60. The minimum absolute atomic E-state index is 0.121. The van der Waals surface area contributed by atoms with Gasteiger partial charge in [0.15, 0.2) is 0 Å². The first-order chi connectivity index (χ1) is 15.2. The molecule has 1 saturated carbocycles. The molecule has 2 aromatic carbocycles. The molecule has 2 N–H and O–H groups in total. The highest BCUT2D eigenvalue weighted by molar-refractivity contribution is 6.31. The highest BCUT2D eigenvalue weighted by Gasteiger charge is 2.61. The molecular formula is C23H17ClF3N3O2. The molecule has 3 aromatic rings. The summed E-state index contributed by atoms with van der Waals surface area (Å²) in [4.78, 5) is 29.2. The number of nitrogens with zero attached hydrogens (tertiary/aromatic N) is 1. The second-order valence-corrected chi connectivity index (χ2v) is 8.08. The molecule has 1 aliphatic carbocycles. The van der Waals surface area contributed by atoms with Crippen LogP contribution in [0.25, 0.3) is 0 Å². The highest BCUT2D eigenvalue weighted by Crippen LogP contribution is 2.54. The number of carbonyl (C=O) groups is 2. The standard InChI is InChI=1S/C23H17ClF3N3O2/c24-15-9-10-28-19(11-15)20(31)29-17-5-1-14(2-6-17)22(12-23(26,27)13-22)21(32)30-18-7-3-16(25)4-8-18/h1-11H,12-13H2,(H,29,31)(H,30,32). The van der Waals surface area contributed by atoms with E-state index in [9.17, 15) is 22.8 Å². The summed E-state index contributed by atoms with van der Waals surface area (Å²) in [6, 6.07) is 14.1. The van der Waals surface area contributed by atoms with E-state index in [1.54, 1.807) is 0 Å². The van der Waals surface area contributed by atoms with E-state index in [-0.39, 0.29) is 5.69 Å². The Hall–Kier alpha value is -3.39. The summed E-state index contributed by atoms with van der Waals surface area (Å²) < 4.78 is 40.8. The van der Waals surface area contributed by atoms with Crippen molar-refractivity contribution in [3.05, 3.63) is 89.0 Å². The first-order valence-corrected chi connectivity index (χ1v) is 10.0. The van der Waals surface area contributed by atoms with Crippen LogP contribution in [0.5, 0.6) is 0 Å². The Morgan fingerprint density at radius 3 is 2.09 bits per heavy atom. The second kappa shape index (κ2) is 8.27. The van der Waals surface area contributed by atoms with Crippen LogP contribution in [0, 0.1) is 5.82 Å². The van der Waals surface area contributed by atoms with Crippen LogP contribution in [-0.2, 0) is 10.2 Å². The van der Waals surface area contributed by atoms with E-state index in [0.29, 0.717) is 22.0 Å². The van der Waals surface area contributed by atoms with Crippen LogP contribution < -0.4 is 10.6 Å². The number of aromatic nitrogens is 1. The number of amides is 2.